The molecule has 4 rings (SSSR count). The number of esters is 1. The average Bonchev–Trinajstić information content (AvgIpc) is 3.31. The van der Waals surface area contributed by atoms with Crippen molar-refractivity contribution in [3.63, 3.8) is 0 Å². The molecule has 0 aliphatic carbocycles. The van der Waals surface area contributed by atoms with E-state index >= 15 is 0 Å². The highest BCUT2D eigenvalue weighted by atomic mass is 19.2. The number of likely N-dealkylation sites (tertiary alicyclic amines) is 1. The number of carbonyl (C=O) groups is 3. The minimum Gasteiger partial charge on any atom is -0.459 e. The van der Waals surface area contributed by atoms with Crippen LogP contribution in [0.3, 0.4) is 0 Å². The number of ether oxygens (including phenoxy) is 2. The van der Waals surface area contributed by atoms with Gasteiger partial charge in [-0.15, -0.1) is 0 Å². The Morgan fingerprint density at radius 3 is 2.24 bits per heavy atom. The molecule has 0 aromatic heterocycles. The third-order valence-corrected chi connectivity index (χ3v) is 6.22. The van der Waals surface area contributed by atoms with E-state index in [1.165, 1.54) is 0 Å². The summed E-state index contributed by atoms with van der Waals surface area (Å²) < 4.78 is 39.2. The van der Waals surface area contributed by atoms with E-state index in [0.29, 0.717) is 11.5 Å². The zero-order valence-corrected chi connectivity index (χ0v) is 20.9. The second kappa shape index (κ2) is 11.9. The molecule has 9 heteroatoms. The molecule has 1 fully saturated rings. The molecule has 0 bridgehead atoms. The van der Waals surface area contributed by atoms with Gasteiger partial charge in [0.1, 0.15) is 30.8 Å². The van der Waals surface area contributed by atoms with Crippen molar-refractivity contribution < 1.29 is 32.6 Å². The molecule has 0 spiro atoms. The van der Waals surface area contributed by atoms with Gasteiger partial charge >= 0.3 is 5.97 Å². The van der Waals surface area contributed by atoms with Gasteiger partial charge < -0.3 is 19.7 Å². The number of rotatable bonds is 9. The fourth-order valence-electron chi connectivity index (χ4n) is 4.11. The Balaban J connectivity index is 1.33. The van der Waals surface area contributed by atoms with Crippen molar-refractivity contribution in [3.8, 4) is 11.5 Å². The summed E-state index contributed by atoms with van der Waals surface area (Å²) in [6, 6.07) is 21.4. The largest absolute Gasteiger partial charge is 0.459 e. The molecule has 3 aromatic carbocycles. The summed E-state index contributed by atoms with van der Waals surface area (Å²) in [5.41, 5.74) is -0.261. The molecule has 1 aliphatic rings. The molecule has 0 unspecified atom stereocenters. The number of alkyl halides is 2. The van der Waals surface area contributed by atoms with Gasteiger partial charge in [-0.2, -0.15) is 0 Å². The van der Waals surface area contributed by atoms with Crippen LogP contribution in [-0.4, -0.2) is 54.2 Å². The third kappa shape index (κ3) is 6.73. The molecule has 0 saturated carbocycles. The lowest BCUT2D eigenvalue weighted by Crippen LogP contribution is -2.46. The maximum absolute atomic E-state index is 14.8. The number of halogens is 2. The summed E-state index contributed by atoms with van der Waals surface area (Å²) in [5, 5.41) is 2.47. The Morgan fingerprint density at radius 2 is 1.61 bits per heavy atom. The molecule has 7 nitrogen and oxygen atoms in total. The van der Waals surface area contributed by atoms with Gasteiger partial charge in [-0.05, 0) is 48.9 Å². The predicted octanol–water partition coefficient (Wildman–Crippen LogP) is 4.54. The molecule has 1 heterocycles. The number of nitrogens with one attached hydrogen (secondary N) is 1. The first kappa shape index (κ1) is 26.8. The lowest BCUT2D eigenvalue weighted by molar-refractivity contribution is -0.154. The van der Waals surface area contributed by atoms with E-state index < -0.39 is 55.7 Å². The minimum absolute atomic E-state index is 0.0620. The second-order valence-electron chi connectivity index (χ2n) is 9.24. The SMILES string of the molecule is Cc1ccc(Oc2ccc(C(=O)NCC(=O)N3C[C@@](F)(CF)C[C@H]3C(=O)OCc3ccccc3)cc2)cc1. The molecule has 38 heavy (non-hydrogen) atoms. The molecule has 3 aromatic rings. The van der Waals surface area contributed by atoms with Crippen LogP contribution in [0.1, 0.15) is 27.9 Å². The number of amides is 2. The summed E-state index contributed by atoms with van der Waals surface area (Å²) in [6.45, 7) is -0.534. The van der Waals surface area contributed by atoms with E-state index in [2.05, 4.69) is 5.32 Å². The van der Waals surface area contributed by atoms with Crippen molar-refractivity contribution in [2.24, 2.45) is 0 Å². The van der Waals surface area contributed by atoms with Crippen molar-refractivity contribution in [2.45, 2.75) is 31.7 Å². The molecule has 198 valence electrons. The first-order valence-corrected chi connectivity index (χ1v) is 12.1. The Bertz CT molecular complexity index is 1270. The van der Waals surface area contributed by atoms with E-state index in [1.54, 1.807) is 48.5 Å². The molecular formula is C29H28F2N2O5. The van der Waals surface area contributed by atoms with Crippen LogP contribution in [-0.2, 0) is 20.9 Å². The van der Waals surface area contributed by atoms with Crippen LogP contribution in [0.2, 0.25) is 0 Å². The Kier molecular flexibility index (Phi) is 8.35. The number of benzene rings is 3. The molecule has 1 aliphatic heterocycles. The van der Waals surface area contributed by atoms with E-state index in [9.17, 15) is 23.2 Å². The standard InChI is InChI=1S/C29H28F2N2O5/c1-20-7-11-23(12-8-20)38-24-13-9-22(10-14-24)27(35)32-16-26(34)33-19-29(31,18-30)15-25(33)28(36)37-17-21-5-3-2-4-6-21/h2-14,25H,15-19H2,1H3,(H,32,35)/t25-,29-/m0/s1. The highest BCUT2D eigenvalue weighted by molar-refractivity contribution is 5.97. The highest BCUT2D eigenvalue weighted by Gasteiger charge is 2.50. The highest BCUT2D eigenvalue weighted by Crippen LogP contribution is 2.32. The van der Waals surface area contributed by atoms with Gasteiger partial charge in [0.15, 0.2) is 5.67 Å². The van der Waals surface area contributed by atoms with Crippen molar-refractivity contribution in [1.82, 2.24) is 10.2 Å². The van der Waals surface area contributed by atoms with E-state index in [1.807, 2.05) is 37.3 Å². The van der Waals surface area contributed by atoms with Gasteiger partial charge in [-0.25, -0.2) is 13.6 Å². The quantitative estimate of drug-likeness (QED) is 0.417. The van der Waals surface area contributed by atoms with Crippen LogP contribution >= 0.6 is 0 Å². The van der Waals surface area contributed by atoms with Gasteiger partial charge in [0.05, 0.1) is 13.1 Å². The zero-order valence-electron chi connectivity index (χ0n) is 20.9. The smallest absolute Gasteiger partial charge is 0.329 e. The van der Waals surface area contributed by atoms with Crippen LogP contribution < -0.4 is 10.1 Å². The molecule has 2 amide bonds. The molecule has 2 atom stereocenters. The number of aryl methyl sites for hydroxylation is 1. The van der Waals surface area contributed by atoms with Crippen LogP contribution in [0.15, 0.2) is 78.9 Å². The van der Waals surface area contributed by atoms with Crippen LogP contribution in [0.25, 0.3) is 0 Å². The molecule has 1 saturated heterocycles. The Hall–Kier alpha value is -4.27. The van der Waals surface area contributed by atoms with Gasteiger partial charge in [0.25, 0.3) is 5.91 Å². The summed E-state index contributed by atoms with van der Waals surface area (Å²) in [4.78, 5) is 39.0. The fraction of sp³-hybridized carbons (Fsp3) is 0.276. The number of hydrogen-bond donors (Lipinski definition) is 1. The summed E-state index contributed by atoms with van der Waals surface area (Å²) in [5.74, 6) is -0.906. The summed E-state index contributed by atoms with van der Waals surface area (Å²) in [6.07, 6.45) is -0.515. The van der Waals surface area contributed by atoms with Gasteiger partial charge in [-0.1, -0.05) is 48.0 Å². The van der Waals surface area contributed by atoms with Crippen LogP contribution in [0.4, 0.5) is 8.78 Å². The van der Waals surface area contributed by atoms with Crippen molar-refractivity contribution in [2.75, 3.05) is 19.8 Å². The van der Waals surface area contributed by atoms with Gasteiger partial charge in [0, 0.05) is 12.0 Å². The molecule has 1 N–H and O–H groups in total. The normalized spacial score (nSPS) is 18.6. The van der Waals surface area contributed by atoms with Crippen molar-refractivity contribution >= 4 is 17.8 Å². The third-order valence-electron chi connectivity index (χ3n) is 6.22. The van der Waals surface area contributed by atoms with Crippen molar-refractivity contribution in [1.29, 1.82) is 0 Å². The average molecular weight is 523 g/mol. The Labute approximate surface area is 219 Å². The number of carbonyl (C=O) groups excluding carboxylic acids is 3. The zero-order chi connectivity index (χ0) is 27.1. The fourth-order valence-corrected chi connectivity index (χ4v) is 4.11. The number of hydrogen-bond acceptors (Lipinski definition) is 5. The van der Waals surface area contributed by atoms with E-state index in [-0.39, 0.29) is 12.2 Å². The minimum atomic E-state index is -2.36. The second-order valence-corrected chi connectivity index (χ2v) is 9.24. The van der Waals surface area contributed by atoms with Crippen LogP contribution in [0.5, 0.6) is 11.5 Å². The summed E-state index contributed by atoms with van der Waals surface area (Å²) in [7, 11) is 0. The topological polar surface area (TPSA) is 84.9 Å². The summed E-state index contributed by atoms with van der Waals surface area (Å²) >= 11 is 0. The van der Waals surface area contributed by atoms with Crippen LogP contribution in [0, 0.1) is 6.92 Å². The van der Waals surface area contributed by atoms with E-state index in [0.717, 1.165) is 16.0 Å². The predicted molar refractivity (Wildman–Crippen MR) is 136 cm³/mol. The molecular weight excluding hydrogens is 494 g/mol. The lowest BCUT2D eigenvalue weighted by Gasteiger charge is -2.23. The van der Waals surface area contributed by atoms with Crippen molar-refractivity contribution in [3.05, 3.63) is 95.6 Å². The molecule has 0 radical (unpaired) electrons. The van der Waals surface area contributed by atoms with Gasteiger partial charge in [0.2, 0.25) is 5.91 Å². The lowest BCUT2D eigenvalue weighted by atomic mass is 10.0. The van der Waals surface area contributed by atoms with E-state index in [4.69, 9.17) is 9.47 Å². The maximum Gasteiger partial charge on any atom is 0.329 e. The first-order valence-electron chi connectivity index (χ1n) is 12.1. The van der Waals surface area contributed by atoms with Gasteiger partial charge in [-0.3, -0.25) is 9.59 Å². The monoisotopic (exact) mass is 522 g/mol. The maximum atomic E-state index is 14.8. The number of nitrogens with zero attached hydrogens (tertiary/aromatic N) is 1. The first-order chi connectivity index (χ1) is 18.3. The Morgan fingerprint density at radius 1 is 0.974 bits per heavy atom.